The molecule has 0 bridgehead atoms. The molecule has 1 fully saturated rings. The SMILES string of the molecule is CCNC(CCC1CCCCO1)c1cccc(C)c1C. The van der Waals surface area contributed by atoms with Crippen LogP contribution in [-0.4, -0.2) is 19.3 Å². The number of benzene rings is 1. The summed E-state index contributed by atoms with van der Waals surface area (Å²) in [5, 5.41) is 3.65. The summed E-state index contributed by atoms with van der Waals surface area (Å²) in [5.74, 6) is 0. The monoisotopic (exact) mass is 275 g/mol. The van der Waals surface area contributed by atoms with Gasteiger partial charge in [-0.1, -0.05) is 25.1 Å². The molecule has 0 spiro atoms. The molecule has 2 heteroatoms. The lowest BCUT2D eigenvalue weighted by atomic mass is 9.92. The van der Waals surface area contributed by atoms with Crippen LogP contribution in [0.4, 0.5) is 0 Å². The van der Waals surface area contributed by atoms with Crippen molar-refractivity contribution in [2.75, 3.05) is 13.2 Å². The molecule has 0 radical (unpaired) electrons. The van der Waals surface area contributed by atoms with Crippen LogP contribution in [0, 0.1) is 13.8 Å². The van der Waals surface area contributed by atoms with Crippen LogP contribution in [0.2, 0.25) is 0 Å². The Morgan fingerprint density at radius 1 is 1.30 bits per heavy atom. The van der Waals surface area contributed by atoms with Gasteiger partial charge in [-0.25, -0.2) is 0 Å². The lowest BCUT2D eigenvalue weighted by Crippen LogP contribution is -2.25. The van der Waals surface area contributed by atoms with E-state index in [-0.39, 0.29) is 0 Å². The molecule has 1 aromatic carbocycles. The fourth-order valence-electron chi connectivity index (χ4n) is 3.15. The molecular weight excluding hydrogens is 246 g/mol. The summed E-state index contributed by atoms with van der Waals surface area (Å²) in [6.07, 6.45) is 6.64. The highest BCUT2D eigenvalue weighted by molar-refractivity contribution is 5.35. The number of hydrogen-bond donors (Lipinski definition) is 1. The quantitative estimate of drug-likeness (QED) is 0.835. The predicted molar refractivity (Wildman–Crippen MR) is 85.2 cm³/mol. The van der Waals surface area contributed by atoms with Gasteiger partial charge in [0.15, 0.2) is 0 Å². The van der Waals surface area contributed by atoms with E-state index in [9.17, 15) is 0 Å². The minimum atomic E-state index is 0.463. The van der Waals surface area contributed by atoms with Crippen molar-refractivity contribution in [1.29, 1.82) is 0 Å². The van der Waals surface area contributed by atoms with Crippen LogP contribution < -0.4 is 5.32 Å². The number of ether oxygens (including phenoxy) is 1. The zero-order valence-electron chi connectivity index (χ0n) is 13.2. The molecule has 1 saturated heterocycles. The third-order valence-corrected chi connectivity index (χ3v) is 4.52. The normalized spacial score (nSPS) is 20.9. The molecule has 0 saturated carbocycles. The third kappa shape index (κ3) is 4.07. The average Bonchev–Trinajstić information content (AvgIpc) is 2.48. The fourth-order valence-corrected chi connectivity index (χ4v) is 3.15. The predicted octanol–water partition coefficient (Wildman–Crippen LogP) is 4.30. The molecule has 112 valence electrons. The topological polar surface area (TPSA) is 21.3 Å². The largest absolute Gasteiger partial charge is 0.378 e. The van der Waals surface area contributed by atoms with E-state index < -0.39 is 0 Å². The van der Waals surface area contributed by atoms with Crippen molar-refractivity contribution >= 4 is 0 Å². The second-order valence-corrected chi connectivity index (χ2v) is 5.97. The Bertz CT molecular complexity index is 410. The highest BCUT2D eigenvalue weighted by atomic mass is 16.5. The van der Waals surface area contributed by atoms with Gasteiger partial charge in [0.2, 0.25) is 0 Å². The van der Waals surface area contributed by atoms with Gasteiger partial charge in [-0.05, 0) is 69.2 Å². The average molecular weight is 275 g/mol. The standard InChI is InChI=1S/C18H29NO/c1-4-19-18(12-11-16-9-5-6-13-20-16)17-10-7-8-14(2)15(17)3/h7-8,10,16,18-19H,4-6,9,11-13H2,1-3H3. The van der Waals surface area contributed by atoms with Gasteiger partial charge in [-0.2, -0.15) is 0 Å². The molecule has 2 nitrogen and oxygen atoms in total. The minimum absolute atomic E-state index is 0.463. The Morgan fingerprint density at radius 2 is 2.15 bits per heavy atom. The van der Waals surface area contributed by atoms with Gasteiger partial charge < -0.3 is 10.1 Å². The van der Waals surface area contributed by atoms with Gasteiger partial charge in [-0.3, -0.25) is 0 Å². The Kier molecular flexibility index (Phi) is 6.06. The zero-order chi connectivity index (χ0) is 14.4. The van der Waals surface area contributed by atoms with Gasteiger partial charge in [-0.15, -0.1) is 0 Å². The summed E-state index contributed by atoms with van der Waals surface area (Å²) >= 11 is 0. The molecule has 1 aliphatic rings. The maximum absolute atomic E-state index is 5.87. The first kappa shape index (κ1) is 15.5. The molecule has 2 atom stereocenters. The minimum Gasteiger partial charge on any atom is -0.378 e. The van der Waals surface area contributed by atoms with Crippen LogP contribution in [0.5, 0.6) is 0 Å². The van der Waals surface area contributed by atoms with Crippen LogP contribution in [0.25, 0.3) is 0 Å². The summed E-state index contributed by atoms with van der Waals surface area (Å²) in [7, 11) is 0. The molecular formula is C18H29NO. The molecule has 1 aliphatic heterocycles. The second kappa shape index (κ2) is 7.80. The lowest BCUT2D eigenvalue weighted by Gasteiger charge is -2.26. The molecule has 1 N–H and O–H groups in total. The number of hydrogen-bond acceptors (Lipinski definition) is 2. The van der Waals surface area contributed by atoms with Crippen molar-refractivity contribution in [2.24, 2.45) is 0 Å². The molecule has 0 aromatic heterocycles. The van der Waals surface area contributed by atoms with Crippen molar-refractivity contribution in [3.63, 3.8) is 0 Å². The fraction of sp³-hybridized carbons (Fsp3) is 0.667. The molecule has 2 rings (SSSR count). The number of rotatable bonds is 6. The highest BCUT2D eigenvalue weighted by Crippen LogP contribution is 2.27. The van der Waals surface area contributed by atoms with E-state index in [1.165, 1.54) is 48.8 Å². The van der Waals surface area contributed by atoms with Gasteiger partial charge >= 0.3 is 0 Å². The van der Waals surface area contributed by atoms with Crippen molar-refractivity contribution in [1.82, 2.24) is 5.32 Å². The van der Waals surface area contributed by atoms with Crippen LogP contribution >= 0.6 is 0 Å². The molecule has 2 unspecified atom stereocenters. The first-order chi connectivity index (χ1) is 9.72. The summed E-state index contributed by atoms with van der Waals surface area (Å²) in [6.45, 7) is 8.61. The Morgan fingerprint density at radius 3 is 2.85 bits per heavy atom. The Balaban J connectivity index is 2.00. The van der Waals surface area contributed by atoms with Crippen LogP contribution in [0.3, 0.4) is 0 Å². The van der Waals surface area contributed by atoms with Crippen molar-refractivity contribution in [2.45, 2.75) is 65.0 Å². The first-order valence-electron chi connectivity index (χ1n) is 8.13. The second-order valence-electron chi connectivity index (χ2n) is 5.97. The van der Waals surface area contributed by atoms with E-state index in [4.69, 9.17) is 4.74 Å². The van der Waals surface area contributed by atoms with Gasteiger partial charge in [0.1, 0.15) is 0 Å². The van der Waals surface area contributed by atoms with Crippen molar-refractivity contribution in [3.05, 3.63) is 34.9 Å². The summed E-state index contributed by atoms with van der Waals surface area (Å²) in [5.41, 5.74) is 4.28. The molecule has 20 heavy (non-hydrogen) atoms. The molecule has 0 aliphatic carbocycles. The third-order valence-electron chi connectivity index (χ3n) is 4.52. The van der Waals surface area contributed by atoms with Crippen molar-refractivity contribution in [3.8, 4) is 0 Å². The molecule has 0 amide bonds. The van der Waals surface area contributed by atoms with E-state index in [1.807, 2.05) is 0 Å². The maximum atomic E-state index is 5.87. The number of nitrogens with one attached hydrogen (secondary N) is 1. The number of aryl methyl sites for hydroxylation is 1. The van der Waals surface area contributed by atoms with Crippen LogP contribution in [0.15, 0.2) is 18.2 Å². The van der Waals surface area contributed by atoms with E-state index in [2.05, 4.69) is 44.3 Å². The summed E-state index contributed by atoms with van der Waals surface area (Å²) in [4.78, 5) is 0. The van der Waals surface area contributed by atoms with Gasteiger partial charge in [0.25, 0.3) is 0 Å². The van der Waals surface area contributed by atoms with Crippen molar-refractivity contribution < 1.29 is 4.74 Å². The smallest absolute Gasteiger partial charge is 0.0575 e. The summed E-state index contributed by atoms with van der Waals surface area (Å²) < 4.78 is 5.87. The Labute approximate surface area is 123 Å². The maximum Gasteiger partial charge on any atom is 0.0575 e. The summed E-state index contributed by atoms with van der Waals surface area (Å²) in [6, 6.07) is 7.12. The molecule has 1 heterocycles. The van der Waals surface area contributed by atoms with Crippen LogP contribution in [0.1, 0.15) is 61.8 Å². The molecule has 1 aromatic rings. The van der Waals surface area contributed by atoms with E-state index in [1.54, 1.807) is 0 Å². The van der Waals surface area contributed by atoms with E-state index in [0.717, 1.165) is 13.2 Å². The van der Waals surface area contributed by atoms with Gasteiger partial charge in [0.05, 0.1) is 6.10 Å². The van der Waals surface area contributed by atoms with Crippen LogP contribution in [-0.2, 0) is 4.74 Å². The Hall–Kier alpha value is -0.860. The van der Waals surface area contributed by atoms with Gasteiger partial charge in [0, 0.05) is 12.6 Å². The van der Waals surface area contributed by atoms with E-state index in [0.29, 0.717) is 12.1 Å². The lowest BCUT2D eigenvalue weighted by molar-refractivity contribution is 0.00855. The first-order valence-corrected chi connectivity index (χ1v) is 8.13. The zero-order valence-corrected chi connectivity index (χ0v) is 13.2. The van der Waals surface area contributed by atoms with E-state index >= 15 is 0 Å². The highest BCUT2D eigenvalue weighted by Gasteiger charge is 2.18.